The lowest BCUT2D eigenvalue weighted by Gasteiger charge is -2.43. The maximum Gasteiger partial charge on any atom is 0.321 e. The summed E-state index contributed by atoms with van der Waals surface area (Å²) in [5.74, 6) is 7.81. The molecule has 1 aromatic carbocycles. The lowest BCUT2D eigenvalue weighted by atomic mass is 10.1. The van der Waals surface area contributed by atoms with Crippen LogP contribution in [0.4, 0.5) is 10.5 Å². The zero-order chi connectivity index (χ0) is 20.5. The van der Waals surface area contributed by atoms with Crippen LogP contribution >= 0.6 is 11.9 Å². The minimum atomic E-state index is -0.0805. The Balaban J connectivity index is 1.41. The summed E-state index contributed by atoms with van der Waals surface area (Å²) in [7, 11) is 1.63. The molecule has 29 heavy (non-hydrogen) atoms. The SMILES string of the molecule is COc1ccc(NC(=O)N2CCN(C3=C4CN(N)SC4N=CN3)[C@@H](C)C2)c(C)c1. The zero-order valence-corrected chi connectivity index (χ0v) is 17.7. The number of nitrogens with one attached hydrogen (secondary N) is 2. The van der Waals surface area contributed by atoms with E-state index in [1.165, 1.54) is 17.5 Å². The van der Waals surface area contributed by atoms with E-state index in [1.807, 2.05) is 30.0 Å². The van der Waals surface area contributed by atoms with Crippen LogP contribution in [0.25, 0.3) is 0 Å². The first-order valence-electron chi connectivity index (χ1n) is 9.63. The number of ether oxygens (including phenoxy) is 1. The number of carbonyl (C=O) groups is 1. The van der Waals surface area contributed by atoms with E-state index in [-0.39, 0.29) is 17.4 Å². The molecule has 0 aliphatic carbocycles. The average Bonchev–Trinajstić information content (AvgIpc) is 3.09. The number of hydrogen-bond acceptors (Lipinski definition) is 8. The van der Waals surface area contributed by atoms with Crippen molar-refractivity contribution in [3.05, 3.63) is 35.2 Å². The van der Waals surface area contributed by atoms with Gasteiger partial charge < -0.3 is 25.2 Å². The molecular formula is C19H27N7O2S. The highest BCUT2D eigenvalue weighted by Gasteiger charge is 2.36. The molecule has 0 aromatic heterocycles. The molecule has 0 spiro atoms. The van der Waals surface area contributed by atoms with Crippen LogP contribution in [0.5, 0.6) is 5.75 Å². The van der Waals surface area contributed by atoms with Gasteiger partial charge in [0.2, 0.25) is 0 Å². The van der Waals surface area contributed by atoms with Crippen molar-refractivity contribution in [3.63, 3.8) is 0 Å². The van der Waals surface area contributed by atoms with Crippen LogP contribution in [0, 0.1) is 6.92 Å². The number of fused-ring (bicyclic) bond motifs is 1. The van der Waals surface area contributed by atoms with Gasteiger partial charge in [-0.3, -0.25) is 10.8 Å². The number of nitrogens with two attached hydrogens (primary N) is 1. The van der Waals surface area contributed by atoms with E-state index in [9.17, 15) is 4.79 Å². The number of aryl methyl sites for hydroxylation is 1. The van der Waals surface area contributed by atoms with Gasteiger partial charge >= 0.3 is 6.03 Å². The van der Waals surface area contributed by atoms with E-state index < -0.39 is 0 Å². The van der Waals surface area contributed by atoms with Crippen molar-refractivity contribution in [2.24, 2.45) is 10.8 Å². The fraction of sp³-hybridized carbons (Fsp3) is 0.474. The van der Waals surface area contributed by atoms with E-state index in [1.54, 1.807) is 17.9 Å². The minimum Gasteiger partial charge on any atom is -0.497 e. The van der Waals surface area contributed by atoms with Crippen LogP contribution in [-0.2, 0) is 0 Å². The number of hydrazine groups is 1. The summed E-state index contributed by atoms with van der Waals surface area (Å²) in [4.78, 5) is 21.5. The molecule has 0 saturated carbocycles. The lowest BCUT2D eigenvalue weighted by Crippen LogP contribution is -2.56. The van der Waals surface area contributed by atoms with Gasteiger partial charge in [-0.25, -0.2) is 4.79 Å². The van der Waals surface area contributed by atoms with Crippen molar-refractivity contribution in [1.29, 1.82) is 0 Å². The van der Waals surface area contributed by atoms with Crippen molar-refractivity contribution >= 4 is 30.0 Å². The van der Waals surface area contributed by atoms with Gasteiger partial charge in [0.25, 0.3) is 0 Å². The van der Waals surface area contributed by atoms with Crippen LogP contribution in [0.1, 0.15) is 12.5 Å². The molecule has 4 rings (SSSR count). The van der Waals surface area contributed by atoms with Crippen LogP contribution in [0.15, 0.2) is 34.6 Å². The molecule has 9 nitrogen and oxygen atoms in total. The van der Waals surface area contributed by atoms with Crippen molar-refractivity contribution in [2.75, 3.05) is 38.6 Å². The van der Waals surface area contributed by atoms with Gasteiger partial charge in [-0.2, -0.15) is 4.41 Å². The molecule has 3 aliphatic heterocycles. The van der Waals surface area contributed by atoms with Gasteiger partial charge in [0.1, 0.15) is 16.9 Å². The molecule has 1 unspecified atom stereocenters. The predicted molar refractivity (Wildman–Crippen MR) is 115 cm³/mol. The molecule has 3 heterocycles. The Morgan fingerprint density at radius 2 is 2.24 bits per heavy atom. The number of aliphatic imine (C=N–C) groups is 1. The first-order valence-corrected chi connectivity index (χ1v) is 10.5. The third-order valence-electron chi connectivity index (χ3n) is 5.45. The molecule has 2 atom stereocenters. The molecule has 10 heteroatoms. The van der Waals surface area contributed by atoms with Crippen LogP contribution in [-0.4, -0.2) is 71.3 Å². The number of piperazine rings is 1. The number of anilines is 1. The summed E-state index contributed by atoms with van der Waals surface area (Å²) in [5.41, 5.74) is 2.96. The van der Waals surface area contributed by atoms with Gasteiger partial charge in [0.15, 0.2) is 0 Å². The van der Waals surface area contributed by atoms with Gasteiger partial charge in [0, 0.05) is 36.9 Å². The van der Waals surface area contributed by atoms with Crippen molar-refractivity contribution in [1.82, 2.24) is 19.5 Å². The Labute approximate surface area is 175 Å². The summed E-state index contributed by atoms with van der Waals surface area (Å²) in [5, 5.41) is 6.37. The largest absolute Gasteiger partial charge is 0.497 e. The molecule has 2 saturated heterocycles. The molecule has 3 aliphatic rings. The molecule has 1 aromatic rings. The minimum absolute atomic E-state index is 0.0443. The van der Waals surface area contributed by atoms with Crippen LogP contribution in [0.3, 0.4) is 0 Å². The topological polar surface area (TPSA) is 98.5 Å². The second-order valence-electron chi connectivity index (χ2n) is 7.43. The second-order valence-corrected chi connectivity index (χ2v) is 8.56. The summed E-state index contributed by atoms with van der Waals surface area (Å²) < 4.78 is 6.95. The van der Waals surface area contributed by atoms with E-state index >= 15 is 0 Å². The highest BCUT2D eigenvalue weighted by Crippen LogP contribution is 2.35. The maximum absolute atomic E-state index is 12.8. The third-order valence-corrected chi connectivity index (χ3v) is 6.46. The quantitative estimate of drug-likeness (QED) is 0.507. The highest BCUT2D eigenvalue weighted by atomic mass is 32.2. The van der Waals surface area contributed by atoms with Crippen LogP contribution < -0.4 is 21.2 Å². The number of urea groups is 1. The van der Waals surface area contributed by atoms with Gasteiger partial charge in [0.05, 0.1) is 20.0 Å². The van der Waals surface area contributed by atoms with Gasteiger partial charge in [-0.05, 0) is 49.6 Å². The lowest BCUT2D eigenvalue weighted by molar-refractivity contribution is 0.124. The molecule has 156 valence electrons. The van der Waals surface area contributed by atoms with Crippen molar-refractivity contribution in [3.8, 4) is 5.75 Å². The molecule has 0 bridgehead atoms. The smallest absolute Gasteiger partial charge is 0.321 e. The number of benzene rings is 1. The molecular weight excluding hydrogens is 390 g/mol. The maximum atomic E-state index is 12.8. The number of rotatable bonds is 3. The fourth-order valence-corrected chi connectivity index (χ4v) is 4.78. The molecule has 0 radical (unpaired) electrons. The Kier molecular flexibility index (Phi) is 5.57. The Hall–Kier alpha value is -2.43. The third kappa shape index (κ3) is 4.00. The zero-order valence-electron chi connectivity index (χ0n) is 16.9. The van der Waals surface area contributed by atoms with E-state index in [4.69, 9.17) is 10.6 Å². The first-order chi connectivity index (χ1) is 14.0. The highest BCUT2D eigenvalue weighted by molar-refractivity contribution is 7.98. The Bertz CT molecular complexity index is 859. The number of hydrogen-bond donors (Lipinski definition) is 3. The van der Waals surface area contributed by atoms with Gasteiger partial charge in [-0.15, -0.1) is 0 Å². The summed E-state index contributed by atoms with van der Waals surface area (Å²) in [6, 6.07) is 5.73. The van der Waals surface area contributed by atoms with Crippen molar-refractivity contribution < 1.29 is 9.53 Å². The standard InChI is InChI=1S/C19H27N7O2S/c1-12-8-14(28-3)4-5-16(12)23-19(27)24-6-7-25(13(2)9-24)17-15-10-26(20)29-18(15)22-11-21-17/h4-5,8,11,13,18H,6-7,9-10,20H2,1-3H3,(H,21,22)(H,23,27)/t13-,18?/m0/s1. The monoisotopic (exact) mass is 417 g/mol. The molecule has 2 fully saturated rings. The normalized spacial score (nSPS) is 24.4. The van der Waals surface area contributed by atoms with Crippen LogP contribution in [0.2, 0.25) is 0 Å². The summed E-state index contributed by atoms with van der Waals surface area (Å²) in [6.45, 7) is 6.80. The Morgan fingerprint density at radius 1 is 1.41 bits per heavy atom. The summed E-state index contributed by atoms with van der Waals surface area (Å²) >= 11 is 1.53. The predicted octanol–water partition coefficient (Wildman–Crippen LogP) is 1.55. The summed E-state index contributed by atoms with van der Waals surface area (Å²) in [6.07, 6.45) is 1.74. The van der Waals surface area contributed by atoms with E-state index in [0.717, 1.165) is 29.4 Å². The first kappa shape index (κ1) is 19.9. The number of nitrogens with zero attached hydrogens (tertiary/aromatic N) is 4. The van der Waals surface area contributed by atoms with Crippen molar-refractivity contribution in [2.45, 2.75) is 25.3 Å². The van der Waals surface area contributed by atoms with E-state index in [2.05, 4.69) is 27.4 Å². The fourth-order valence-electron chi connectivity index (χ4n) is 3.88. The average molecular weight is 418 g/mol. The second kappa shape index (κ2) is 8.13. The number of carbonyl (C=O) groups excluding carboxylic acids is 1. The Morgan fingerprint density at radius 3 is 2.97 bits per heavy atom. The molecule has 4 N–H and O–H groups in total. The van der Waals surface area contributed by atoms with E-state index in [0.29, 0.717) is 19.6 Å². The molecule has 2 amide bonds. The van der Waals surface area contributed by atoms with Gasteiger partial charge in [-0.1, -0.05) is 0 Å². The number of amides is 2. The number of methoxy groups -OCH3 is 1.